The monoisotopic (exact) mass is 371 g/mol. The second-order valence-electron chi connectivity index (χ2n) is 7.03. The van der Waals surface area contributed by atoms with Gasteiger partial charge in [0.05, 0.1) is 11.1 Å². The Labute approximate surface area is 164 Å². The quantitative estimate of drug-likeness (QED) is 0.761. The van der Waals surface area contributed by atoms with E-state index < -0.39 is 0 Å². The van der Waals surface area contributed by atoms with Crippen LogP contribution in [-0.4, -0.2) is 28.2 Å². The molecular formula is C23H21N3O2. The third-order valence-electron chi connectivity index (χ3n) is 4.97. The van der Waals surface area contributed by atoms with Crippen LogP contribution < -0.4 is 5.32 Å². The van der Waals surface area contributed by atoms with Gasteiger partial charge in [-0.05, 0) is 42.7 Å². The standard InChI is InChI=1S/C23H21N3O2/c1-16-6-8-21(9-7-16)25-22(27)19-12-20(14-24-13-19)23(28)26-11-10-17-4-2-3-5-18(17)15-26/h2-9,12-14H,10-11,15H2,1H3,(H,25,27). The lowest BCUT2D eigenvalue weighted by molar-refractivity contribution is 0.0734. The SMILES string of the molecule is Cc1ccc(NC(=O)c2cncc(C(=O)N3CCc4ccccc4C3)c2)cc1. The second-order valence-corrected chi connectivity index (χ2v) is 7.03. The molecule has 1 aliphatic rings. The molecule has 3 aromatic rings. The molecule has 0 spiro atoms. The van der Waals surface area contributed by atoms with E-state index in [9.17, 15) is 9.59 Å². The number of aryl methyl sites for hydroxylation is 1. The fourth-order valence-corrected chi connectivity index (χ4v) is 3.37. The van der Waals surface area contributed by atoms with E-state index >= 15 is 0 Å². The summed E-state index contributed by atoms with van der Waals surface area (Å²) >= 11 is 0. The number of hydrogen-bond donors (Lipinski definition) is 1. The zero-order valence-electron chi connectivity index (χ0n) is 15.7. The van der Waals surface area contributed by atoms with Crippen LogP contribution in [-0.2, 0) is 13.0 Å². The number of pyridine rings is 1. The first-order chi connectivity index (χ1) is 13.6. The van der Waals surface area contributed by atoms with Crippen LogP contribution in [0.2, 0.25) is 0 Å². The molecule has 0 bridgehead atoms. The van der Waals surface area contributed by atoms with Crippen molar-refractivity contribution in [2.75, 3.05) is 11.9 Å². The van der Waals surface area contributed by atoms with Crippen LogP contribution in [0.3, 0.4) is 0 Å². The molecule has 0 saturated carbocycles. The minimum atomic E-state index is -0.282. The highest BCUT2D eigenvalue weighted by molar-refractivity contribution is 6.05. The Balaban J connectivity index is 1.49. The zero-order chi connectivity index (χ0) is 19.5. The molecule has 2 amide bonds. The van der Waals surface area contributed by atoms with E-state index in [1.807, 2.05) is 43.3 Å². The summed E-state index contributed by atoms with van der Waals surface area (Å²) < 4.78 is 0. The van der Waals surface area contributed by atoms with E-state index in [2.05, 4.69) is 22.4 Å². The van der Waals surface area contributed by atoms with Crippen LogP contribution in [0.4, 0.5) is 5.69 Å². The highest BCUT2D eigenvalue weighted by Gasteiger charge is 2.22. The zero-order valence-corrected chi connectivity index (χ0v) is 15.7. The van der Waals surface area contributed by atoms with Crippen LogP contribution >= 0.6 is 0 Å². The highest BCUT2D eigenvalue weighted by atomic mass is 16.2. The molecule has 0 radical (unpaired) electrons. The Hall–Kier alpha value is -3.47. The number of fused-ring (bicyclic) bond motifs is 1. The molecule has 0 unspecified atom stereocenters. The van der Waals surface area contributed by atoms with Crippen molar-refractivity contribution in [2.45, 2.75) is 19.9 Å². The van der Waals surface area contributed by atoms with Gasteiger partial charge >= 0.3 is 0 Å². The third kappa shape index (κ3) is 3.78. The van der Waals surface area contributed by atoms with Gasteiger partial charge in [-0.3, -0.25) is 14.6 Å². The summed E-state index contributed by atoms with van der Waals surface area (Å²) in [5, 5.41) is 2.84. The number of carbonyl (C=O) groups excluding carboxylic acids is 2. The van der Waals surface area contributed by atoms with Crippen molar-refractivity contribution in [1.29, 1.82) is 0 Å². The third-order valence-corrected chi connectivity index (χ3v) is 4.97. The fraction of sp³-hybridized carbons (Fsp3) is 0.174. The first kappa shape index (κ1) is 17.9. The Morgan fingerprint density at radius 2 is 1.68 bits per heavy atom. The smallest absolute Gasteiger partial charge is 0.257 e. The molecule has 2 heterocycles. The molecule has 5 nitrogen and oxygen atoms in total. The number of anilines is 1. The van der Waals surface area contributed by atoms with Gasteiger partial charge in [0.1, 0.15) is 0 Å². The van der Waals surface area contributed by atoms with Gasteiger partial charge in [-0.1, -0.05) is 42.0 Å². The van der Waals surface area contributed by atoms with Gasteiger partial charge in [0, 0.05) is 31.2 Å². The fourth-order valence-electron chi connectivity index (χ4n) is 3.37. The van der Waals surface area contributed by atoms with Crippen molar-refractivity contribution >= 4 is 17.5 Å². The van der Waals surface area contributed by atoms with Crippen LogP contribution in [0.5, 0.6) is 0 Å². The van der Waals surface area contributed by atoms with E-state index in [0.29, 0.717) is 29.9 Å². The topological polar surface area (TPSA) is 62.3 Å². The van der Waals surface area contributed by atoms with Crippen molar-refractivity contribution in [3.8, 4) is 0 Å². The Morgan fingerprint density at radius 1 is 0.964 bits per heavy atom. The number of amides is 2. The minimum Gasteiger partial charge on any atom is -0.334 e. The number of rotatable bonds is 3. The Kier molecular flexibility index (Phi) is 4.89. The summed E-state index contributed by atoms with van der Waals surface area (Å²) in [6.45, 7) is 3.23. The molecule has 0 fully saturated rings. The van der Waals surface area contributed by atoms with Gasteiger partial charge in [0.25, 0.3) is 11.8 Å². The largest absolute Gasteiger partial charge is 0.334 e. The molecule has 1 aliphatic heterocycles. The lowest BCUT2D eigenvalue weighted by Crippen LogP contribution is -2.36. The number of benzene rings is 2. The molecule has 5 heteroatoms. The van der Waals surface area contributed by atoms with Gasteiger partial charge in [-0.25, -0.2) is 0 Å². The van der Waals surface area contributed by atoms with E-state index in [1.54, 1.807) is 11.0 Å². The molecule has 4 rings (SSSR count). The number of hydrogen-bond acceptors (Lipinski definition) is 3. The van der Waals surface area contributed by atoms with E-state index in [-0.39, 0.29) is 11.8 Å². The number of nitrogens with zero attached hydrogens (tertiary/aromatic N) is 2. The maximum Gasteiger partial charge on any atom is 0.257 e. The van der Waals surface area contributed by atoms with Gasteiger partial charge in [0.15, 0.2) is 0 Å². The summed E-state index contributed by atoms with van der Waals surface area (Å²) in [4.78, 5) is 31.4. The van der Waals surface area contributed by atoms with Crippen molar-refractivity contribution in [3.63, 3.8) is 0 Å². The molecule has 0 atom stereocenters. The average Bonchev–Trinajstić information content (AvgIpc) is 2.74. The molecular weight excluding hydrogens is 350 g/mol. The van der Waals surface area contributed by atoms with Gasteiger partial charge in [-0.2, -0.15) is 0 Å². The number of carbonyl (C=O) groups is 2. The molecule has 0 aliphatic carbocycles. The predicted molar refractivity (Wildman–Crippen MR) is 108 cm³/mol. The Bertz CT molecular complexity index is 1030. The van der Waals surface area contributed by atoms with Crippen LogP contribution in [0.15, 0.2) is 67.0 Å². The first-order valence-electron chi connectivity index (χ1n) is 9.29. The predicted octanol–water partition coefficient (Wildman–Crippen LogP) is 3.84. The summed E-state index contributed by atoms with van der Waals surface area (Å²) in [7, 11) is 0. The molecule has 0 saturated heterocycles. The van der Waals surface area contributed by atoms with Gasteiger partial charge < -0.3 is 10.2 Å². The molecule has 28 heavy (non-hydrogen) atoms. The average molecular weight is 371 g/mol. The molecule has 140 valence electrons. The van der Waals surface area contributed by atoms with Crippen LogP contribution in [0, 0.1) is 6.92 Å². The maximum absolute atomic E-state index is 12.9. The minimum absolute atomic E-state index is 0.105. The molecule has 1 N–H and O–H groups in total. The first-order valence-corrected chi connectivity index (χ1v) is 9.29. The lowest BCUT2D eigenvalue weighted by atomic mass is 9.99. The van der Waals surface area contributed by atoms with Gasteiger partial charge in [-0.15, -0.1) is 0 Å². The van der Waals surface area contributed by atoms with Crippen molar-refractivity contribution in [2.24, 2.45) is 0 Å². The summed E-state index contributed by atoms with van der Waals surface area (Å²) in [5.74, 6) is -0.387. The van der Waals surface area contributed by atoms with E-state index in [1.165, 1.54) is 23.5 Å². The van der Waals surface area contributed by atoms with Crippen molar-refractivity contribution in [1.82, 2.24) is 9.88 Å². The Morgan fingerprint density at radius 3 is 2.46 bits per heavy atom. The van der Waals surface area contributed by atoms with Crippen molar-refractivity contribution < 1.29 is 9.59 Å². The lowest BCUT2D eigenvalue weighted by Gasteiger charge is -2.28. The molecule has 2 aromatic carbocycles. The van der Waals surface area contributed by atoms with Gasteiger partial charge in [0.2, 0.25) is 0 Å². The maximum atomic E-state index is 12.9. The summed E-state index contributed by atoms with van der Waals surface area (Å²) in [6, 6.07) is 17.3. The number of aromatic nitrogens is 1. The second kappa shape index (κ2) is 7.64. The summed E-state index contributed by atoms with van der Waals surface area (Å²) in [5.41, 5.74) is 5.08. The van der Waals surface area contributed by atoms with E-state index in [4.69, 9.17) is 0 Å². The normalized spacial score (nSPS) is 13.0. The van der Waals surface area contributed by atoms with Crippen LogP contribution in [0.25, 0.3) is 0 Å². The summed E-state index contributed by atoms with van der Waals surface area (Å²) in [6.07, 6.45) is 3.83. The highest BCUT2D eigenvalue weighted by Crippen LogP contribution is 2.20. The van der Waals surface area contributed by atoms with Crippen LogP contribution in [0.1, 0.15) is 37.4 Å². The van der Waals surface area contributed by atoms with E-state index in [0.717, 1.165) is 12.0 Å². The molecule has 1 aromatic heterocycles. The number of nitrogens with one attached hydrogen (secondary N) is 1. The van der Waals surface area contributed by atoms with Crippen molar-refractivity contribution in [3.05, 3.63) is 94.8 Å².